The van der Waals surface area contributed by atoms with Gasteiger partial charge in [-0.15, -0.1) is 0 Å². The molecular weight excluding hydrogens is 228 g/mol. The summed E-state index contributed by atoms with van der Waals surface area (Å²) >= 11 is 0. The van der Waals surface area contributed by atoms with Gasteiger partial charge in [-0.1, -0.05) is 26.7 Å². The van der Waals surface area contributed by atoms with Crippen LogP contribution in [0.25, 0.3) is 0 Å². The molecule has 0 spiro atoms. The predicted octanol–water partition coefficient (Wildman–Crippen LogP) is 1.83. The summed E-state index contributed by atoms with van der Waals surface area (Å²) in [5.41, 5.74) is 5.79. The predicted molar refractivity (Wildman–Crippen MR) is 73.3 cm³/mol. The molecule has 0 heterocycles. The maximum Gasteiger partial charge on any atom is 0.236 e. The Morgan fingerprint density at radius 1 is 1.39 bits per heavy atom. The number of nitrogens with two attached hydrogens (primary N) is 1. The highest BCUT2D eigenvalue weighted by molar-refractivity contribution is 5.81. The zero-order chi connectivity index (χ0) is 13.4. The van der Waals surface area contributed by atoms with Crippen molar-refractivity contribution in [3.63, 3.8) is 0 Å². The van der Waals surface area contributed by atoms with Crippen LogP contribution < -0.4 is 11.1 Å². The molecule has 1 aliphatic rings. The fourth-order valence-corrected chi connectivity index (χ4v) is 2.33. The van der Waals surface area contributed by atoms with Crippen LogP contribution in [0.1, 0.15) is 52.4 Å². The first-order valence-electron chi connectivity index (χ1n) is 7.24. The Hall–Kier alpha value is -0.610. The zero-order valence-corrected chi connectivity index (χ0v) is 11.8. The minimum Gasteiger partial charge on any atom is -0.378 e. The van der Waals surface area contributed by atoms with Crippen molar-refractivity contribution in [2.45, 2.75) is 64.5 Å². The highest BCUT2D eigenvalue weighted by Gasteiger charge is 2.16. The molecule has 4 nitrogen and oxygen atoms in total. The molecule has 0 saturated heterocycles. The van der Waals surface area contributed by atoms with Gasteiger partial charge >= 0.3 is 0 Å². The summed E-state index contributed by atoms with van der Waals surface area (Å²) in [5, 5.41) is 2.87. The molecule has 1 atom stereocenters. The molecule has 1 aliphatic carbocycles. The first-order valence-corrected chi connectivity index (χ1v) is 7.24. The standard InChI is InChI=1S/C14H28N2O2/c1-11(2)10-13(15)14(17)16-8-5-9-18-12-6-3-4-7-12/h11-13H,3-10,15H2,1-2H3,(H,16,17)/t13-/m0/s1. The van der Waals surface area contributed by atoms with Gasteiger partial charge < -0.3 is 15.8 Å². The second kappa shape index (κ2) is 8.48. The van der Waals surface area contributed by atoms with Gasteiger partial charge in [0.15, 0.2) is 0 Å². The van der Waals surface area contributed by atoms with Crippen LogP contribution in [0.2, 0.25) is 0 Å². The average Bonchev–Trinajstić information content (AvgIpc) is 2.80. The molecule has 0 aromatic carbocycles. The molecule has 1 amide bonds. The Labute approximate surface area is 111 Å². The van der Waals surface area contributed by atoms with Gasteiger partial charge in [0.25, 0.3) is 0 Å². The van der Waals surface area contributed by atoms with Crippen LogP contribution in [-0.2, 0) is 9.53 Å². The van der Waals surface area contributed by atoms with Crippen molar-refractivity contribution in [2.24, 2.45) is 11.7 Å². The number of nitrogens with one attached hydrogen (secondary N) is 1. The van der Waals surface area contributed by atoms with Crippen LogP contribution in [0.3, 0.4) is 0 Å². The fraction of sp³-hybridized carbons (Fsp3) is 0.929. The second-order valence-electron chi connectivity index (χ2n) is 5.66. The van der Waals surface area contributed by atoms with Crippen molar-refractivity contribution in [3.05, 3.63) is 0 Å². The van der Waals surface area contributed by atoms with Crippen LogP contribution in [0.15, 0.2) is 0 Å². The maximum absolute atomic E-state index is 11.6. The van der Waals surface area contributed by atoms with Gasteiger partial charge in [0.05, 0.1) is 12.1 Å². The van der Waals surface area contributed by atoms with E-state index >= 15 is 0 Å². The summed E-state index contributed by atoms with van der Waals surface area (Å²) < 4.78 is 5.73. The molecular formula is C14H28N2O2. The molecule has 0 unspecified atom stereocenters. The molecule has 1 fully saturated rings. The normalized spacial score (nSPS) is 18.2. The summed E-state index contributed by atoms with van der Waals surface area (Å²) in [5.74, 6) is 0.418. The van der Waals surface area contributed by atoms with Crippen LogP contribution in [0, 0.1) is 5.92 Å². The summed E-state index contributed by atoms with van der Waals surface area (Å²) in [6.07, 6.45) is 7.07. The lowest BCUT2D eigenvalue weighted by atomic mass is 10.0. The Kier molecular flexibility index (Phi) is 7.28. The largest absolute Gasteiger partial charge is 0.378 e. The van der Waals surface area contributed by atoms with Crippen LogP contribution in [-0.4, -0.2) is 31.2 Å². The summed E-state index contributed by atoms with van der Waals surface area (Å²) in [4.78, 5) is 11.6. The summed E-state index contributed by atoms with van der Waals surface area (Å²) in [7, 11) is 0. The summed E-state index contributed by atoms with van der Waals surface area (Å²) in [6, 6.07) is -0.374. The molecule has 0 aromatic heterocycles. The number of ether oxygens (including phenoxy) is 1. The quantitative estimate of drug-likeness (QED) is 0.651. The van der Waals surface area contributed by atoms with E-state index in [2.05, 4.69) is 19.2 Å². The number of carbonyl (C=O) groups is 1. The Morgan fingerprint density at radius 3 is 2.67 bits per heavy atom. The highest BCUT2D eigenvalue weighted by Crippen LogP contribution is 2.20. The van der Waals surface area contributed by atoms with Crippen LogP contribution >= 0.6 is 0 Å². The number of amides is 1. The lowest BCUT2D eigenvalue weighted by molar-refractivity contribution is -0.122. The molecule has 4 heteroatoms. The second-order valence-corrected chi connectivity index (χ2v) is 5.66. The molecule has 0 aliphatic heterocycles. The third kappa shape index (κ3) is 6.36. The Bertz CT molecular complexity index is 238. The molecule has 0 bridgehead atoms. The molecule has 1 saturated carbocycles. The number of rotatable bonds is 8. The van der Waals surface area contributed by atoms with E-state index in [9.17, 15) is 4.79 Å². The highest BCUT2D eigenvalue weighted by atomic mass is 16.5. The lowest BCUT2D eigenvalue weighted by Crippen LogP contribution is -2.41. The monoisotopic (exact) mass is 256 g/mol. The van der Waals surface area contributed by atoms with Crippen molar-refractivity contribution in [2.75, 3.05) is 13.2 Å². The van der Waals surface area contributed by atoms with Crippen LogP contribution in [0.5, 0.6) is 0 Å². The van der Waals surface area contributed by atoms with E-state index < -0.39 is 0 Å². The zero-order valence-electron chi connectivity index (χ0n) is 11.8. The molecule has 1 rings (SSSR count). The average molecular weight is 256 g/mol. The summed E-state index contributed by atoms with van der Waals surface area (Å²) in [6.45, 7) is 5.55. The smallest absolute Gasteiger partial charge is 0.236 e. The van der Waals surface area contributed by atoms with E-state index in [1.54, 1.807) is 0 Å². The topological polar surface area (TPSA) is 64.4 Å². The maximum atomic E-state index is 11.6. The van der Waals surface area contributed by atoms with Crippen molar-refractivity contribution >= 4 is 5.91 Å². The molecule has 106 valence electrons. The van der Waals surface area contributed by atoms with Crippen molar-refractivity contribution in [1.29, 1.82) is 0 Å². The first-order chi connectivity index (χ1) is 8.59. The van der Waals surface area contributed by atoms with E-state index in [0.717, 1.165) is 19.4 Å². The van der Waals surface area contributed by atoms with Crippen molar-refractivity contribution < 1.29 is 9.53 Å². The molecule has 0 aromatic rings. The first kappa shape index (κ1) is 15.4. The number of carbonyl (C=O) groups excluding carboxylic acids is 1. The van der Waals surface area contributed by atoms with Gasteiger partial charge in [0.1, 0.15) is 0 Å². The van der Waals surface area contributed by atoms with Crippen molar-refractivity contribution in [1.82, 2.24) is 5.32 Å². The van der Waals surface area contributed by atoms with E-state index in [-0.39, 0.29) is 11.9 Å². The van der Waals surface area contributed by atoms with E-state index in [1.807, 2.05) is 0 Å². The Balaban J connectivity index is 1.97. The van der Waals surface area contributed by atoms with Gasteiger partial charge in [-0.05, 0) is 31.6 Å². The number of hydrogen-bond donors (Lipinski definition) is 2. The van der Waals surface area contributed by atoms with Gasteiger partial charge in [-0.2, -0.15) is 0 Å². The fourth-order valence-electron chi connectivity index (χ4n) is 2.33. The van der Waals surface area contributed by atoms with Gasteiger partial charge in [0, 0.05) is 13.2 Å². The number of hydrogen-bond acceptors (Lipinski definition) is 3. The van der Waals surface area contributed by atoms with Gasteiger partial charge in [-0.3, -0.25) is 4.79 Å². The van der Waals surface area contributed by atoms with Crippen LogP contribution in [0.4, 0.5) is 0 Å². The third-order valence-electron chi connectivity index (χ3n) is 3.34. The SMILES string of the molecule is CC(C)C[C@H](N)C(=O)NCCCOC1CCCC1. The minimum atomic E-state index is -0.374. The Morgan fingerprint density at radius 2 is 2.06 bits per heavy atom. The van der Waals surface area contributed by atoms with Gasteiger partial charge in [0.2, 0.25) is 5.91 Å². The third-order valence-corrected chi connectivity index (χ3v) is 3.34. The molecule has 18 heavy (non-hydrogen) atoms. The van der Waals surface area contributed by atoms with E-state index in [4.69, 9.17) is 10.5 Å². The van der Waals surface area contributed by atoms with E-state index in [1.165, 1.54) is 25.7 Å². The van der Waals surface area contributed by atoms with E-state index in [0.29, 0.717) is 18.6 Å². The van der Waals surface area contributed by atoms with Gasteiger partial charge in [-0.25, -0.2) is 0 Å². The van der Waals surface area contributed by atoms with Crippen molar-refractivity contribution in [3.8, 4) is 0 Å². The minimum absolute atomic E-state index is 0.0374. The lowest BCUT2D eigenvalue weighted by Gasteiger charge is -2.15. The molecule has 0 radical (unpaired) electrons. The molecule has 3 N–H and O–H groups in total.